The van der Waals surface area contributed by atoms with Crippen LogP contribution in [0, 0.1) is 0 Å². The van der Waals surface area contributed by atoms with E-state index < -0.39 is 0 Å². The lowest BCUT2D eigenvalue weighted by molar-refractivity contribution is -0.143. The molecule has 1 unspecified atom stereocenters. The molecule has 104 valence electrons. The number of methoxy groups -OCH3 is 1. The van der Waals surface area contributed by atoms with E-state index in [1.54, 1.807) is 7.11 Å². The van der Waals surface area contributed by atoms with Crippen LogP contribution in [0.2, 0.25) is 0 Å². The Morgan fingerprint density at radius 2 is 2.17 bits per heavy atom. The van der Waals surface area contributed by atoms with E-state index >= 15 is 0 Å². The van der Waals surface area contributed by atoms with Gasteiger partial charge in [-0.2, -0.15) is 0 Å². The highest BCUT2D eigenvalue weighted by Gasteiger charge is 2.39. The zero-order valence-corrected chi connectivity index (χ0v) is 11.7. The van der Waals surface area contributed by atoms with Gasteiger partial charge >= 0.3 is 0 Å². The molecule has 0 spiro atoms. The Kier molecular flexibility index (Phi) is 4.62. The first-order valence-electron chi connectivity index (χ1n) is 7.18. The van der Waals surface area contributed by atoms with Gasteiger partial charge in [-0.25, -0.2) is 0 Å². The van der Waals surface area contributed by atoms with E-state index in [0.29, 0.717) is 12.5 Å². The molecule has 4 nitrogen and oxygen atoms in total. The number of nitrogens with zero attached hydrogens (tertiary/aromatic N) is 1. The number of ether oxygens (including phenoxy) is 1. The van der Waals surface area contributed by atoms with Crippen molar-refractivity contribution in [3.8, 4) is 0 Å². The van der Waals surface area contributed by atoms with E-state index in [-0.39, 0.29) is 11.5 Å². The fraction of sp³-hybridized carbons (Fsp3) is 0.929. The van der Waals surface area contributed by atoms with Crippen molar-refractivity contribution in [1.82, 2.24) is 10.2 Å². The molecule has 4 heteroatoms. The number of rotatable bonds is 5. The van der Waals surface area contributed by atoms with E-state index in [0.717, 1.165) is 25.9 Å². The number of amides is 1. The van der Waals surface area contributed by atoms with E-state index in [2.05, 4.69) is 5.32 Å². The van der Waals surface area contributed by atoms with E-state index in [1.807, 2.05) is 11.9 Å². The predicted molar refractivity (Wildman–Crippen MR) is 71.5 cm³/mol. The first-order valence-corrected chi connectivity index (χ1v) is 7.18. The Labute approximate surface area is 110 Å². The van der Waals surface area contributed by atoms with Crippen LogP contribution < -0.4 is 5.32 Å². The van der Waals surface area contributed by atoms with Crippen molar-refractivity contribution in [2.45, 2.75) is 56.6 Å². The minimum Gasteiger partial charge on any atom is -0.378 e. The van der Waals surface area contributed by atoms with Gasteiger partial charge in [0.2, 0.25) is 5.91 Å². The molecule has 1 saturated carbocycles. The molecule has 0 radical (unpaired) electrons. The topological polar surface area (TPSA) is 41.6 Å². The number of hydrogen-bond donors (Lipinski definition) is 1. The third kappa shape index (κ3) is 3.23. The number of likely N-dealkylation sites (N-methyl/N-ethyl adjacent to an activating group) is 1. The van der Waals surface area contributed by atoms with Crippen LogP contribution in [0.4, 0.5) is 0 Å². The molecule has 2 aliphatic rings. The van der Waals surface area contributed by atoms with Crippen LogP contribution in [-0.4, -0.2) is 49.7 Å². The molecule has 1 N–H and O–H groups in total. The van der Waals surface area contributed by atoms with Crippen LogP contribution >= 0.6 is 0 Å². The second kappa shape index (κ2) is 6.02. The molecule has 0 aromatic carbocycles. The third-order valence-corrected chi connectivity index (χ3v) is 4.50. The van der Waals surface area contributed by atoms with Gasteiger partial charge in [0.15, 0.2) is 0 Å². The highest BCUT2D eigenvalue weighted by molar-refractivity contribution is 5.77. The van der Waals surface area contributed by atoms with E-state index in [4.69, 9.17) is 4.74 Å². The number of nitrogens with one attached hydrogen (secondary N) is 1. The largest absolute Gasteiger partial charge is 0.378 e. The molecule has 2 rings (SSSR count). The summed E-state index contributed by atoms with van der Waals surface area (Å²) in [4.78, 5) is 14.1. The molecule has 0 bridgehead atoms. The minimum atomic E-state index is -0.147. The molecule has 1 amide bonds. The molecule has 2 fully saturated rings. The first kappa shape index (κ1) is 13.8. The van der Waals surface area contributed by atoms with Crippen molar-refractivity contribution >= 4 is 5.91 Å². The smallest absolute Gasteiger partial charge is 0.225 e. The van der Waals surface area contributed by atoms with Crippen molar-refractivity contribution in [2.24, 2.45) is 0 Å². The van der Waals surface area contributed by atoms with Crippen LogP contribution in [0.3, 0.4) is 0 Å². The summed E-state index contributed by atoms with van der Waals surface area (Å²) in [7, 11) is 3.65. The fourth-order valence-electron chi connectivity index (χ4n) is 2.95. The highest BCUT2D eigenvalue weighted by atomic mass is 16.5. The third-order valence-electron chi connectivity index (χ3n) is 4.50. The second-order valence-electron chi connectivity index (χ2n) is 5.84. The summed E-state index contributed by atoms with van der Waals surface area (Å²) >= 11 is 0. The SMILES string of the molecule is COC1(CC(=O)N(C)CC2CCCCN2)CCC1. The van der Waals surface area contributed by atoms with Gasteiger partial charge in [0.25, 0.3) is 0 Å². The fourth-order valence-corrected chi connectivity index (χ4v) is 2.95. The highest BCUT2D eigenvalue weighted by Crippen LogP contribution is 2.38. The molecule has 1 heterocycles. The summed E-state index contributed by atoms with van der Waals surface area (Å²) in [5.41, 5.74) is -0.147. The quantitative estimate of drug-likeness (QED) is 0.809. The van der Waals surface area contributed by atoms with Crippen LogP contribution in [-0.2, 0) is 9.53 Å². The van der Waals surface area contributed by atoms with Gasteiger partial charge < -0.3 is 15.0 Å². The molecular formula is C14H26N2O2. The Morgan fingerprint density at radius 1 is 1.39 bits per heavy atom. The van der Waals surface area contributed by atoms with Crippen LogP contribution in [0.1, 0.15) is 44.9 Å². The van der Waals surface area contributed by atoms with Crippen LogP contribution in [0.25, 0.3) is 0 Å². The lowest BCUT2D eigenvalue weighted by Gasteiger charge is -2.41. The minimum absolute atomic E-state index is 0.147. The van der Waals surface area contributed by atoms with Crippen LogP contribution in [0.15, 0.2) is 0 Å². The Bertz CT molecular complexity index is 278. The standard InChI is InChI=1S/C14H26N2O2/c1-16(11-12-6-3-4-9-15-12)13(17)10-14(18-2)7-5-8-14/h12,15H,3-11H2,1-2H3. The van der Waals surface area contributed by atoms with Gasteiger partial charge in [0.05, 0.1) is 12.0 Å². The van der Waals surface area contributed by atoms with Crippen LogP contribution in [0.5, 0.6) is 0 Å². The van der Waals surface area contributed by atoms with Gasteiger partial charge in [-0.1, -0.05) is 6.42 Å². The Morgan fingerprint density at radius 3 is 2.67 bits per heavy atom. The lowest BCUT2D eigenvalue weighted by atomic mass is 9.77. The maximum atomic E-state index is 12.2. The monoisotopic (exact) mass is 254 g/mol. The first-order chi connectivity index (χ1) is 8.65. The van der Waals surface area contributed by atoms with Crippen molar-refractivity contribution in [3.63, 3.8) is 0 Å². The average Bonchev–Trinajstić information content (AvgIpc) is 2.34. The van der Waals surface area contributed by atoms with E-state index in [1.165, 1.54) is 25.7 Å². The molecule has 1 aliphatic heterocycles. The van der Waals surface area contributed by atoms with Gasteiger partial charge in [-0.05, 0) is 38.6 Å². The van der Waals surface area contributed by atoms with Gasteiger partial charge in [0.1, 0.15) is 0 Å². The average molecular weight is 254 g/mol. The number of piperidine rings is 1. The van der Waals surface area contributed by atoms with E-state index in [9.17, 15) is 4.79 Å². The second-order valence-corrected chi connectivity index (χ2v) is 5.84. The summed E-state index contributed by atoms with van der Waals surface area (Å²) in [6.07, 6.45) is 7.53. The molecule has 1 saturated heterocycles. The van der Waals surface area contributed by atoms with Gasteiger partial charge in [-0.15, -0.1) is 0 Å². The maximum Gasteiger partial charge on any atom is 0.225 e. The van der Waals surface area contributed by atoms with Crippen molar-refractivity contribution in [3.05, 3.63) is 0 Å². The normalized spacial score (nSPS) is 26.4. The summed E-state index contributed by atoms with van der Waals surface area (Å²) in [6, 6.07) is 0.479. The Hall–Kier alpha value is -0.610. The number of carbonyl (C=O) groups excluding carboxylic acids is 1. The Balaban J connectivity index is 1.77. The lowest BCUT2D eigenvalue weighted by Crippen LogP contribution is -2.48. The molecular weight excluding hydrogens is 228 g/mol. The van der Waals surface area contributed by atoms with Gasteiger partial charge in [0, 0.05) is 26.7 Å². The summed E-state index contributed by atoms with van der Waals surface area (Å²) in [6.45, 7) is 1.92. The summed E-state index contributed by atoms with van der Waals surface area (Å²) in [5, 5.41) is 3.48. The number of hydrogen-bond acceptors (Lipinski definition) is 3. The zero-order chi connectivity index (χ0) is 13.0. The zero-order valence-electron chi connectivity index (χ0n) is 11.7. The van der Waals surface area contributed by atoms with Gasteiger partial charge in [-0.3, -0.25) is 4.79 Å². The van der Waals surface area contributed by atoms with Crippen molar-refractivity contribution < 1.29 is 9.53 Å². The molecule has 18 heavy (non-hydrogen) atoms. The molecule has 1 atom stereocenters. The summed E-state index contributed by atoms with van der Waals surface area (Å²) in [5.74, 6) is 0.226. The maximum absolute atomic E-state index is 12.2. The predicted octanol–water partition coefficient (Wildman–Crippen LogP) is 1.55. The molecule has 0 aromatic heterocycles. The van der Waals surface area contributed by atoms with Crippen molar-refractivity contribution in [2.75, 3.05) is 27.2 Å². The number of carbonyl (C=O) groups is 1. The van der Waals surface area contributed by atoms with Crippen molar-refractivity contribution in [1.29, 1.82) is 0 Å². The summed E-state index contributed by atoms with van der Waals surface area (Å²) < 4.78 is 5.52. The molecule has 1 aliphatic carbocycles. The molecule has 0 aromatic rings.